The Morgan fingerprint density at radius 1 is 1.53 bits per heavy atom. The fraction of sp³-hybridized carbons (Fsp3) is 0.429. The molecule has 1 unspecified atom stereocenters. The van der Waals surface area contributed by atoms with Crippen molar-refractivity contribution in [3.63, 3.8) is 0 Å². The molecule has 1 atom stereocenters. The summed E-state index contributed by atoms with van der Waals surface area (Å²) >= 11 is 0. The van der Waals surface area contributed by atoms with Crippen molar-refractivity contribution in [2.45, 2.75) is 13.3 Å². The van der Waals surface area contributed by atoms with Gasteiger partial charge in [0.1, 0.15) is 5.52 Å². The highest BCUT2D eigenvalue weighted by molar-refractivity contribution is 5.72. The summed E-state index contributed by atoms with van der Waals surface area (Å²) in [4.78, 5) is 16.9. The number of nitrogens with zero attached hydrogens (tertiary/aromatic N) is 2. The predicted molar refractivity (Wildman–Crippen MR) is 72.0 cm³/mol. The summed E-state index contributed by atoms with van der Waals surface area (Å²) in [7, 11) is 1.94. The number of carboxylic acids is 1. The van der Waals surface area contributed by atoms with Gasteiger partial charge in [-0.15, -0.1) is 0 Å². The second-order valence-electron chi connectivity index (χ2n) is 4.91. The smallest absolute Gasteiger partial charge is 0.307 e. The summed E-state index contributed by atoms with van der Waals surface area (Å²) in [6, 6.07) is 5.95. The first-order chi connectivity index (χ1) is 9.06. The first-order valence-electron chi connectivity index (χ1n) is 6.29. The number of rotatable bonds is 6. The van der Waals surface area contributed by atoms with E-state index >= 15 is 0 Å². The van der Waals surface area contributed by atoms with Gasteiger partial charge in [0.25, 0.3) is 0 Å². The Morgan fingerprint density at radius 3 is 3.05 bits per heavy atom. The third-order valence-corrected chi connectivity index (χ3v) is 3.18. The Kier molecular flexibility index (Phi) is 4.16. The first kappa shape index (κ1) is 13.5. The van der Waals surface area contributed by atoms with Crippen LogP contribution in [0.1, 0.15) is 12.5 Å². The molecule has 5 nitrogen and oxygen atoms in total. The van der Waals surface area contributed by atoms with Crippen molar-refractivity contribution in [3.05, 3.63) is 30.2 Å². The van der Waals surface area contributed by atoms with Crippen molar-refractivity contribution in [1.29, 1.82) is 0 Å². The quantitative estimate of drug-likeness (QED) is 0.862. The molecule has 0 aliphatic carbocycles. The SMILES string of the molecule is CC(CN(C)CCc1ccc2ncoc2c1)C(=O)O. The second kappa shape index (κ2) is 5.84. The van der Waals surface area contributed by atoms with Gasteiger partial charge < -0.3 is 14.4 Å². The lowest BCUT2D eigenvalue weighted by Crippen LogP contribution is -2.30. The maximum atomic E-state index is 10.8. The lowest BCUT2D eigenvalue weighted by atomic mass is 10.1. The van der Waals surface area contributed by atoms with Gasteiger partial charge in [-0.1, -0.05) is 13.0 Å². The van der Waals surface area contributed by atoms with Gasteiger partial charge in [0.2, 0.25) is 0 Å². The minimum atomic E-state index is -0.755. The van der Waals surface area contributed by atoms with E-state index in [4.69, 9.17) is 9.52 Å². The van der Waals surface area contributed by atoms with E-state index in [1.54, 1.807) is 6.92 Å². The van der Waals surface area contributed by atoms with E-state index in [9.17, 15) is 4.79 Å². The minimum absolute atomic E-state index is 0.346. The van der Waals surface area contributed by atoms with Gasteiger partial charge >= 0.3 is 5.97 Å². The van der Waals surface area contributed by atoms with Crippen molar-refractivity contribution in [3.8, 4) is 0 Å². The van der Waals surface area contributed by atoms with Crippen LogP contribution in [0.25, 0.3) is 11.1 Å². The molecule has 1 aromatic carbocycles. The van der Waals surface area contributed by atoms with Crippen LogP contribution in [0, 0.1) is 5.92 Å². The number of aromatic nitrogens is 1. The Bertz CT molecular complexity index is 565. The van der Waals surface area contributed by atoms with Gasteiger partial charge in [-0.25, -0.2) is 4.98 Å². The molecule has 0 amide bonds. The maximum Gasteiger partial charge on any atom is 0.307 e. The molecule has 2 aromatic rings. The van der Waals surface area contributed by atoms with Crippen LogP contribution >= 0.6 is 0 Å². The van der Waals surface area contributed by atoms with E-state index in [1.807, 2.05) is 30.1 Å². The molecule has 0 bridgehead atoms. The van der Waals surface area contributed by atoms with E-state index in [1.165, 1.54) is 12.0 Å². The zero-order valence-corrected chi connectivity index (χ0v) is 11.2. The van der Waals surface area contributed by atoms with Crippen LogP contribution in [-0.4, -0.2) is 41.1 Å². The van der Waals surface area contributed by atoms with E-state index in [2.05, 4.69) is 4.98 Å². The molecule has 5 heteroatoms. The molecule has 0 aliphatic heterocycles. The van der Waals surface area contributed by atoms with Crippen LogP contribution in [0.2, 0.25) is 0 Å². The van der Waals surface area contributed by atoms with Gasteiger partial charge in [0.15, 0.2) is 12.0 Å². The van der Waals surface area contributed by atoms with Gasteiger partial charge in [0, 0.05) is 13.1 Å². The van der Waals surface area contributed by atoms with Gasteiger partial charge in [-0.2, -0.15) is 0 Å². The van der Waals surface area contributed by atoms with E-state index < -0.39 is 5.97 Å². The number of oxazole rings is 1. The lowest BCUT2D eigenvalue weighted by Gasteiger charge is -2.18. The average Bonchev–Trinajstić information content (AvgIpc) is 2.83. The number of fused-ring (bicyclic) bond motifs is 1. The van der Waals surface area contributed by atoms with Crippen molar-refractivity contribution in [1.82, 2.24) is 9.88 Å². The Hall–Kier alpha value is -1.88. The number of hydrogen-bond donors (Lipinski definition) is 1. The molecule has 1 heterocycles. The summed E-state index contributed by atoms with van der Waals surface area (Å²) in [5.41, 5.74) is 2.81. The molecular weight excluding hydrogens is 244 g/mol. The molecule has 1 N–H and O–H groups in total. The molecule has 0 saturated carbocycles. The fourth-order valence-corrected chi connectivity index (χ4v) is 2.01. The Balaban J connectivity index is 1.89. The standard InChI is InChI=1S/C14H18N2O3/c1-10(14(17)18)8-16(2)6-5-11-3-4-12-13(7-11)19-9-15-12/h3-4,7,9-10H,5-6,8H2,1-2H3,(H,17,18). The molecule has 2 rings (SSSR count). The number of carbonyl (C=O) groups is 1. The Labute approximate surface area is 111 Å². The first-order valence-corrected chi connectivity index (χ1v) is 6.29. The lowest BCUT2D eigenvalue weighted by molar-refractivity contribution is -0.141. The third-order valence-electron chi connectivity index (χ3n) is 3.18. The third kappa shape index (κ3) is 3.54. The highest BCUT2D eigenvalue weighted by Gasteiger charge is 2.13. The zero-order valence-electron chi connectivity index (χ0n) is 11.2. The topological polar surface area (TPSA) is 66.6 Å². The number of aliphatic carboxylic acids is 1. The van der Waals surface area contributed by atoms with Crippen LogP contribution in [0.4, 0.5) is 0 Å². The van der Waals surface area contributed by atoms with Crippen LogP contribution in [0.15, 0.2) is 29.0 Å². The van der Waals surface area contributed by atoms with E-state index in [0.29, 0.717) is 6.54 Å². The molecule has 0 radical (unpaired) electrons. The van der Waals surface area contributed by atoms with Crippen molar-refractivity contribution >= 4 is 17.1 Å². The molecule has 0 aliphatic rings. The summed E-state index contributed by atoms with van der Waals surface area (Å²) in [6.45, 7) is 3.09. The maximum absolute atomic E-state index is 10.8. The highest BCUT2D eigenvalue weighted by Crippen LogP contribution is 2.14. The molecule has 0 spiro atoms. The highest BCUT2D eigenvalue weighted by atomic mass is 16.4. The molecule has 0 fully saturated rings. The normalized spacial score (nSPS) is 13.0. The Morgan fingerprint density at radius 2 is 2.32 bits per heavy atom. The summed E-state index contributed by atoms with van der Waals surface area (Å²) in [6.07, 6.45) is 2.30. The van der Waals surface area contributed by atoms with Gasteiger partial charge in [0.05, 0.1) is 5.92 Å². The number of likely N-dealkylation sites (N-methyl/N-ethyl adjacent to an activating group) is 1. The second-order valence-corrected chi connectivity index (χ2v) is 4.91. The van der Waals surface area contributed by atoms with E-state index in [-0.39, 0.29) is 5.92 Å². The van der Waals surface area contributed by atoms with Crippen LogP contribution in [0.5, 0.6) is 0 Å². The van der Waals surface area contributed by atoms with Crippen molar-refractivity contribution < 1.29 is 14.3 Å². The number of hydrogen-bond acceptors (Lipinski definition) is 4. The average molecular weight is 262 g/mol. The molecule has 19 heavy (non-hydrogen) atoms. The monoisotopic (exact) mass is 262 g/mol. The summed E-state index contributed by atoms with van der Waals surface area (Å²) in [5, 5.41) is 8.86. The molecule has 102 valence electrons. The molecular formula is C14H18N2O3. The van der Waals surface area contributed by atoms with Crippen LogP contribution in [-0.2, 0) is 11.2 Å². The molecule has 1 aromatic heterocycles. The van der Waals surface area contributed by atoms with Gasteiger partial charge in [-0.05, 0) is 31.2 Å². The largest absolute Gasteiger partial charge is 0.481 e. The number of benzene rings is 1. The molecule has 0 saturated heterocycles. The van der Waals surface area contributed by atoms with Crippen molar-refractivity contribution in [2.24, 2.45) is 5.92 Å². The van der Waals surface area contributed by atoms with Gasteiger partial charge in [-0.3, -0.25) is 4.79 Å². The fourth-order valence-electron chi connectivity index (χ4n) is 2.01. The van der Waals surface area contributed by atoms with E-state index in [0.717, 1.165) is 24.1 Å². The zero-order chi connectivity index (χ0) is 13.8. The van der Waals surface area contributed by atoms with Crippen LogP contribution < -0.4 is 0 Å². The predicted octanol–water partition coefficient (Wildman–Crippen LogP) is 2.02. The van der Waals surface area contributed by atoms with Crippen molar-refractivity contribution in [2.75, 3.05) is 20.1 Å². The summed E-state index contributed by atoms with van der Waals surface area (Å²) < 4.78 is 5.26. The van der Waals surface area contributed by atoms with Crippen LogP contribution in [0.3, 0.4) is 0 Å². The summed E-state index contributed by atoms with van der Waals surface area (Å²) in [5.74, 6) is -1.10. The number of carboxylic acid groups (broad SMARTS) is 1. The minimum Gasteiger partial charge on any atom is -0.481 e.